The van der Waals surface area contributed by atoms with Gasteiger partial charge in [0.25, 0.3) is 16.8 Å². The van der Waals surface area contributed by atoms with Crippen molar-refractivity contribution >= 4 is 46.3 Å². The SMILES string of the molecule is COc1ccccc1NC(=O)CN1C(=O)S/C(=C\c2ccccc2OCc2ccc([N+](=O)[O-])cc2)C1=O. The lowest BCUT2D eigenvalue weighted by atomic mass is 10.1. The van der Waals surface area contributed by atoms with Crippen LogP contribution >= 0.6 is 11.8 Å². The van der Waals surface area contributed by atoms with Gasteiger partial charge in [0.05, 0.1) is 22.6 Å². The van der Waals surface area contributed by atoms with Crippen LogP contribution in [0.2, 0.25) is 0 Å². The van der Waals surface area contributed by atoms with E-state index in [-0.39, 0.29) is 17.2 Å². The van der Waals surface area contributed by atoms with E-state index in [4.69, 9.17) is 9.47 Å². The molecule has 37 heavy (non-hydrogen) atoms. The molecular formula is C26H21N3O7S. The number of hydrogen-bond donors (Lipinski definition) is 1. The number of methoxy groups -OCH3 is 1. The number of hydrogen-bond acceptors (Lipinski definition) is 8. The molecule has 0 bridgehead atoms. The summed E-state index contributed by atoms with van der Waals surface area (Å²) in [5.41, 5.74) is 1.70. The van der Waals surface area contributed by atoms with Crippen molar-refractivity contribution in [3.8, 4) is 11.5 Å². The molecule has 0 radical (unpaired) electrons. The third-order valence-electron chi connectivity index (χ3n) is 5.30. The first-order valence-electron chi connectivity index (χ1n) is 11.0. The minimum Gasteiger partial charge on any atom is -0.495 e. The predicted molar refractivity (Wildman–Crippen MR) is 138 cm³/mol. The van der Waals surface area contributed by atoms with Crippen molar-refractivity contribution in [1.82, 2.24) is 4.90 Å². The average Bonchev–Trinajstić information content (AvgIpc) is 3.16. The van der Waals surface area contributed by atoms with Gasteiger partial charge in [-0.25, -0.2) is 0 Å². The fraction of sp³-hybridized carbons (Fsp3) is 0.115. The minimum absolute atomic E-state index is 0.0172. The Kier molecular flexibility index (Phi) is 7.84. The number of para-hydroxylation sites is 3. The van der Waals surface area contributed by atoms with E-state index in [2.05, 4.69) is 5.32 Å². The largest absolute Gasteiger partial charge is 0.495 e. The van der Waals surface area contributed by atoms with Gasteiger partial charge in [0, 0.05) is 17.7 Å². The number of thioether (sulfide) groups is 1. The molecule has 1 fully saturated rings. The normalized spacial score (nSPS) is 14.1. The summed E-state index contributed by atoms with van der Waals surface area (Å²) in [7, 11) is 1.47. The number of rotatable bonds is 9. The second-order valence-corrected chi connectivity index (χ2v) is 8.76. The van der Waals surface area contributed by atoms with E-state index in [0.717, 1.165) is 22.2 Å². The van der Waals surface area contributed by atoms with Crippen LogP contribution in [0.1, 0.15) is 11.1 Å². The van der Waals surface area contributed by atoms with Crippen LogP contribution in [0.5, 0.6) is 11.5 Å². The molecular weight excluding hydrogens is 498 g/mol. The fourth-order valence-electron chi connectivity index (χ4n) is 3.46. The molecule has 3 amide bonds. The molecule has 1 saturated heterocycles. The topological polar surface area (TPSA) is 128 Å². The number of imide groups is 1. The van der Waals surface area contributed by atoms with Gasteiger partial charge in [0.15, 0.2) is 0 Å². The lowest BCUT2D eigenvalue weighted by Gasteiger charge is -2.14. The van der Waals surface area contributed by atoms with E-state index in [1.807, 2.05) is 0 Å². The summed E-state index contributed by atoms with van der Waals surface area (Å²) >= 11 is 0.734. The van der Waals surface area contributed by atoms with Crippen LogP contribution in [-0.4, -0.2) is 40.5 Å². The second-order valence-electron chi connectivity index (χ2n) is 7.77. The van der Waals surface area contributed by atoms with Gasteiger partial charge < -0.3 is 14.8 Å². The summed E-state index contributed by atoms with van der Waals surface area (Å²) in [6.07, 6.45) is 1.54. The number of nitro benzene ring substituents is 1. The molecule has 10 nitrogen and oxygen atoms in total. The van der Waals surface area contributed by atoms with Crippen LogP contribution in [0.4, 0.5) is 16.2 Å². The predicted octanol–water partition coefficient (Wildman–Crippen LogP) is 4.86. The molecule has 3 aromatic carbocycles. The van der Waals surface area contributed by atoms with E-state index in [1.54, 1.807) is 60.7 Å². The van der Waals surface area contributed by atoms with E-state index in [1.165, 1.54) is 25.3 Å². The van der Waals surface area contributed by atoms with Crippen molar-refractivity contribution in [3.63, 3.8) is 0 Å². The molecule has 188 valence electrons. The zero-order chi connectivity index (χ0) is 26.4. The van der Waals surface area contributed by atoms with Crippen LogP contribution in [0.3, 0.4) is 0 Å². The van der Waals surface area contributed by atoms with E-state index in [0.29, 0.717) is 22.7 Å². The van der Waals surface area contributed by atoms with Gasteiger partial charge in [-0.3, -0.25) is 29.4 Å². The van der Waals surface area contributed by atoms with Crippen LogP contribution in [0, 0.1) is 10.1 Å². The number of nitrogens with one attached hydrogen (secondary N) is 1. The van der Waals surface area contributed by atoms with E-state index >= 15 is 0 Å². The van der Waals surface area contributed by atoms with Gasteiger partial charge >= 0.3 is 0 Å². The molecule has 11 heteroatoms. The first-order chi connectivity index (χ1) is 17.9. The van der Waals surface area contributed by atoms with Crippen LogP contribution in [0.15, 0.2) is 77.7 Å². The molecule has 1 aliphatic rings. The highest BCUT2D eigenvalue weighted by Crippen LogP contribution is 2.34. The number of non-ortho nitro benzene ring substituents is 1. The number of carbonyl (C=O) groups is 3. The molecule has 1 heterocycles. The highest BCUT2D eigenvalue weighted by Gasteiger charge is 2.36. The zero-order valence-electron chi connectivity index (χ0n) is 19.6. The van der Waals surface area contributed by atoms with Crippen molar-refractivity contribution in [2.24, 2.45) is 0 Å². The van der Waals surface area contributed by atoms with Crippen molar-refractivity contribution in [2.45, 2.75) is 6.61 Å². The van der Waals surface area contributed by atoms with Gasteiger partial charge in [-0.05, 0) is 53.7 Å². The molecule has 0 aromatic heterocycles. The standard InChI is InChI=1S/C26H21N3O7S/c1-35-22-9-5-3-7-20(22)27-24(30)15-28-25(31)23(37-26(28)32)14-18-6-2-4-8-21(18)36-16-17-10-12-19(13-11-17)29(33)34/h2-14H,15-16H2,1H3,(H,27,30)/b23-14-. The Morgan fingerprint density at radius 3 is 2.41 bits per heavy atom. The summed E-state index contributed by atoms with van der Waals surface area (Å²) in [5, 5.41) is 12.9. The highest BCUT2D eigenvalue weighted by atomic mass is 32.2. The van der Waals surface area contributed by atoms with Crippen LogP contribution in [0.25, 0.3) is 6.08 Å². The van der Waals surface area contributed by atoms with Gasteiger partial charge in [-0.15, -0.1) is 0 Å². The maximum atomic E-state index is 12.9. The second kappa shape index (κ2) is 11.4. The number of nitro groups is 1. The summed E-state index contributed by atoms with van der Waals surface area (Å²) < 4.78 is 11.1. The molecule has 0 aliphatic carbocycles. The summed E-state index contributed by atoms with van der Waals surface area (Å²) in [6.45, 7) is -0.300. The summed E-state index contributed by atoms with van der Waals surface area (Å²) in [5.74, 6) is -0.216. The maximum absolute atomic E-state index is 12.9. The number of carbonyl (C=O) groups excluding carboxylic acids is 3. The van der Waals surface area contributed by atoms with Crippen molar-refractivity contribution in [1.29, 1.82) is 0 Å². The monoisotopic (exact) mass is 519 g/mol. The zero-order valence-corrected chi connectivity index (χ0v) is 20.4. The quantitative estimate of drug-likeness (QED) is 0.241. The Hall–Kier alpha value is -4.64. The van der Waals surface area contributed by atoms with Gasteiger partial charge in [0.1, 0.15) is 24.7 Å². The van der Waals surface area contributed by atoms with Crippen molar-refractivity contribution in [2.75, 3.05) is 19.0 Å². The molecule has 3 aromatic rings. The molecule has 4 rings (SSSR count). The molecule has 0 unspecified atom stereocenters. The van der Waals surface area contributed by atoms with Crippen LogP contribution < -0.4 is 14.8 Å². The Morgan fingerprint density at radius 2 is 1.70 bits per heavy atom. The van der Waals surface area contributed by atoms with Crippen LogP contribution in [-0.2, 0) is 16.2 Å². The number of amides is 3. The molecule has 1 aliphatic heterocycles. The molecule has 1 N–H and O–H groups in total. The average molecular weight is 520 g/mol. The highest BCUT2D eigenvalue weighted by molar-refractivity contribution is 8.18. The maximum Gasteiger partial charge on any atom is 0.294 e. The Labute approximate surface area is 216 Å². The Balaban J connectivity index is 1.44. The number of ether oxygens (including phenoxy) is 2. The van der Waals surface area contributed by atoms with Gasteiger partial charge in [0.2, 0.25) is 5.91 Å². The third-order valence-corrected chi connectivity index (χ3v) is 6.21. The minimum atomic E-state index is -0.588. The number of anilines is 1. The lowest BCUT2D eigenvalue weighted by molar-refractivity contribution is -0.384. The first kappa shape index (κ1) is 25.5. The van der Waals surface area contributed by atoms with E-state index < -0.39 is 28.5 Å². The first-order valence-corrected chi connectivity index (χ1v) is 11.8. The number of benzene rings is 3. The Morgan fingerprint density at radius 1 is 1.03 bits per heavy atom. The molecule has 0 atom stereocenters. The van der Waals surface area contributed by atoms with Gasteiger partial charge in [-0.2, -0.15) is 0 Å². The lowest BCUT2D eigenvalue weighted by Crippen LogP contribution is -2.36. The molecule has 0 spiro atoms. The van der Waals surface area contributed by atoms with Gasteiger partial charge in [-0.1, -0.05) is 30.3 Å². The molecule has 0 saturated carbocycles. The number of nitrogens with zero attached hydrogens (tertiary/aromatic N) is 2. The summed E-state index contributed by atoms with van der Waals surface area (Å²) in [6, 6.07) is 19.8. The smallest absolute Gasteiger partial charge is 0.294 e. The van der Waals surface area contributed by atoms with Crippen molar-refractivity contribution in [3.05, 3.63) is 98.9 Å². The summed E-state index contributed by atoms with van der Waals surface area (Å²) in [4.78, 5) is 49.3. The fourth-order valence-corrected chi connectivity index (χ4v) is 4.29. The third kappa shape index (κ3) is 6.14. The van der Waals surface area contributed by atoms with Crippen molar-refractivity contribution < 1.29 is 28.8 Å². The Bertz CT molecular complexity index is 1390. The van der Waals surface area contributed by atoms with E-state index in [9.17, 15) is 24.5 Å².